The zero-order valence-corrected chi connectivity index (χ0v) is 13.3. The minimum atomic E-state index is -3.54. The molecule has 21 heavy (non-hydrogen) atoms. The zero-order valence-electron chi connectivity index (χ0n) is 11.7. The van der Waals surface area contributed by atoms with E-state index in [0.29, 0.717) is 24.4 Å². The molecule has 0 saturated carbocycles. The van der Waals surface area contributed by atoms with E-state index in [-0.39, 0.29) is 11.5 Å². The monoisotopic (exact) mass is 325 g/mol. The topological polar surface area (TPSA) is 66.4 Å². The number of rotatable bonds is 5. The van der Waals surface area contributed by atoms with Gasteiger partial charge in [0.05, 0.1) is 11.5 Å². The second-order valence-corrected chi connectivity index (χ2v) is 7.74. The van der Waals surface area contributed by atoms with Crippen LogP contribution in [0.1, 0.15) is 18.4 Å². The summed E-state index contributed by atoms with van der Waals surface area (Å²) < 4.78 is 27.5. The van der Waals surface area contributed by atoms with Gasteiger partial charge in [-0.15, -0.1) is 0 Å². The van der Waals surface area contributed by atoms with Crippen LogP contribution in [0, 0.1) is 17.8 Å². The van der Waals surface area contributed by atoms with E-state index in [1.807, 2.05) is 11.8 Å². The van der Waals surface area contributed by atoms with Crippen molar-refractivity contribution in [2.45, 2.75) is 17.7 Å². The third kappa shape index (κ3) is 4.75. The number of aliphatic hydroxyl groups is 1. The Morgan fingerprint density at radius 2 is 2.19 bits per heavy atom. The summed E-state index contributed by atoms with van der Waals surface area (Å²) in [6.45, 7) is 0.452. The summed E-state index contributed by atoms with van der Waals surface area (Å²) in [5.41, 5.74) is 0.472. The van der Waals surface area contributed by atoms with Gasteiger partial charge in [-0.3, -0.25) is 0 Å². The van der Waals surface area contributed by atoms with E-state index in [1.165, 1.54) is 0 Å². The van der Waals surface area contributed by atoms with Gasteiger partial charge in [-0.2, -0.15) is 11.8 Å². The maximum atomic E-state index is 12.4. The second-order valence-electron chi connectivity index (χ2n) is 4.85. The molecule has 114 valence electrons. The molecule has 1 unspecified atom stereocenters. The highest BCUT2D eigenvalue weighted by Crippen LogP contribution is 2.23. The molecule has 0 radical (unpaired) electrons. The lowest BCUT2D eigenvalue weighted by molar-refractivity contribution is 0.305. The average molecular weight is 325 g/mol. The Morgan fingerprint density at radius 1 is 1.38 bits per heavy atom. The summed E-state index contributed by atoms with van der Waals surface area (Å²) in [6.07, 6.45) is 1.40. The minimum Gasteiger partial charge on any atom is -0.395 e. The first-order chi connectivity index (χ1) is 10.1. The fraction of sp³-hybridized carbons (Fsp3) is 0.467. The van der Waals surface area contributed by atoms with Gasteiger partial charge >= 0.3 is 0 Å². The highest BCUT2D eigenvalue weighted by Gasteiger charge is 2.21. The number of thioether (sulfide) groups is 1. The molecule has 1 fully saturated rings. The number of sulfonamides is 1. The van der Waals surface area contributed by atoms with Gasteiger partial charge in [0.1, 0.15) is 0 Å². The highest BCUT2D eigenvalue weighted by atomic mass is 32.2. The van der Waals surface area contributed by atoms with E-state index < -0.39 is 10.0 Å². The number of benzene rings is 1. The molecule has 1 aliphatic heterocycles. The molecule has 1 saturated heterocycles. The van der Waals surface area contributed by atoms with Gasteiger partial charge in [0.2, 0.25) is 10.0 Å². The first kappa shape index (κ1) is 16.4. The Kier molecular flexibility index (Phi) is 6.12. The maximum Gasteiger partial charge on any atom is 0.241 e. The van der Waals surface area contributed by atoms with Gasteiger partial charge in [0.15, 0.2) is 0 Å². The smallest absolute Gasteiger partial charge is 0.241 e. The SMILES string of the molecule is O=S(=O)(NCC1CCSC1)c1ccccc1C#CCCO. The summed E-state index contributed by atoms with van der Waals surface area (Å²) in [7, 11) is -3.54. The molecule has 6 heteroatoms. The molecular formula is C15H19NO3S2. The lowest BCUT2D eigenvalue weighted by Gasteiger charge is -2.11. The fourth-order valence-electron chi connectivity index (χ4n) is 2.07. The second kappa shape index (κ2) is 7.85. The van der Waals surface area contributed by atoms with Crippen molar-refractivity contribution in [3.63, 3.8) is 0 Å². The van der Waals surface area contributed by atoms with Gasteiger partial charge in [0, 0.05) is 18.5 Å². The molecule has 4 nitrogen and oxygen atoms in total. The molecule has 2 N–H and O–H groups in total. The van der Waals surface area contributed by atoms with E-state index in [2.05, 4.69) is 16.6 Å². The van der Waals surface area contributed by atoms with Crippen LogP contribution in [0.15, 0.2) is 29.2 Å². The van der Waals surface area contributed by atoms with Gasteiger partial charge in [-0.05, 0) is 36.0 Å². The number of hydrogen-bond donors (Lipinski definition) is 2. The quantitative estimate of drug-likeness (QED) is 0.804. The lowest BCUT2D eigenvalue weighted by Crippen LogP contribution is -2.29. The summed E-state index contributed by atoms with van der Waals surface area (Å²) in [5.74, 6) is 8.12. The molecular weight excluding hydrogens is 306 g/mol. The van der Waals surface area contributed by atoms with Crippen molar-refractivity contribution in [1.29, 1.82) is 0 Å². The summed E-state index contributed by atoms with van der Waals surface area (Å²) in [4.78, 5) is 0.209. The summed E-state index contributed by atoms with van der Waals surface area (Å²) >= 11 is 1.86. The van der Waals surface area contributed by atoms with Crippen LogP contribution in [-0.2, 0) is 10.0 Å². The standard InChI is InChI=1S/C15H19NO3S2/c17-9-4-3-6-14-5-1-2-7-15(14)21(18,19)16-11-13-8-10-20-12-13/h1-2,5,7,13,16-17H,4,8-12H2. The minimum absolute atomic E-state index is 0.0283. The number of nitrogens with one attached hydrogen (secondary N) is 1. The molecule has 1 aromatic carbocycles. The highest BCUT2D eigenvalue weighted by molar-refractivity contribution is 7.99. The van der Waals surface area contributed by atoms with E-state index in [9.17, 15) is 8.42 Å². The largest absolute Gasteiger partial charge is 0.395 e. The summed E-state index contributed by atoms with van der Waals surface area (Å²) in [6, 6.07) is 6.70. The van der Waals surface area contributed by atoms with Crippen LogP contribution in [0.2, 0.25) is 0 Å². The van der Waals surface area contributed by atoms with Crippen LogP contribution in [0.4, 0.5) is 0 Å². The normalized spacial score (nSPS) is 18.2. The maximum absolute atomic E-state index is 12.4. The van der Waals surface area contributed by atoms with Crippen molar-refractivity contribution >= 4 is 21.8 Å². The van der Waals surface area contributed by atoms with Crippen molar-refractivity contribution < 1.29 is 13.5 Å². The first-order valence-corrected chi connectivity index (χ1v) is 9.53. The molecule has 1 heterocycles. The number of hydrogen-bond acceptors (Lipinski definition) is 4. The molecule has 1 aromatic rings. The molecule has 1 aliphatic rings. The molecule has 0 aliphatic carbocycles. The zero-order chi connectivity index (χ0) is 15.1. The van der Waals surface area contributed by atoms with Crippen LogP contribution in [0.25, 0.3) is 0 Å². The van der Waals surface area contributed by atoms with Crippen molar-refractivity contribution in [2.24, 2.45) is 5.92 Å². The van der Waals surface area contributed by atoms with Crippen LogP contribution >= 0.6 is 11.8 Å². The Balaban J connectivity index is 2.13. The third-order valence-electron chi connectivity index (χ3n) is 3.22. The number of aliphatic hydroxyl groups excluding tert-OH is 1. The predicted molar refractivity (Wildman–Crippen MR) is 85.6 cm³/mol. The Labute approximate surface area is 130 Å². The van der Waals surface area contributed by atoms with Crippen molar-refractivity contribution in [2.75, 3.05) is 24.7 Å². The Hall–Kier alpha value is -1.00. The summed E-state index contributed by atoms with van der Waals surface area (Å²) in [5, 5.41) is 8.74. The van der Waals surface area contributed by atoms with Crippen LogP contribution in [-0.4, -0.2) is 38.2 Å². The predicted octanol–water partition coefficient (Wildman–Crippen LogP) is 1.45. The Morgan fingerprint density at radius 3 is 2.90 bits per heavy atom. The van der Waals surface area contributed by atoms with Crippen molar-refractivity contribution in [1.82, 2.24) is 4.72 Å². The fourth-order valence-corrected chi connectivity index (χ4v) is 4.63. The average Bonchev–Trinajstić information content (AvgIpc) is 2.99. The molecule has 2 rings (SSSR count). The van der Waals surface area contributed by atoms with Gasteiger partial charge in [-0.1, -0.05) is 24.0 Å². The van der Waals surface area contributed by atoms with Crippen molar-refractivity contribution in [3.8, 4) is 11.8 Å². The van der Waals surface area contributed by atoms with Gasteiger partial charge in [0.25, 0.3) is 0 Å². The van der Waals surface area contributed by atoms with Crippen LogP contribution in [0.5, 0.6) is 0 Å². The van der Waals surface area contributed by atoms with E-state index in [4.69, 9.17) is 5.11 Å². The third-order valence-corrected chi connectivity index (χ3v) is 5.94. The van der Waals surface area contributed by atoms with Crippen LogP contribution in [0.3, 0.4) is 0 Å². The lowest BCUT2D eigenvalue weighted by atomic mass is 10.1. The molecule has 0 bridgehead atoms. The van der Waals surface area contributed by atoms with Gasteiger partial charge < -0.3 is 5.11 Å². The Bertz CT molecular complexity index is 626. The van der Waals surface area contributed by atoms with Gasteiger partial charge in [-0.25, -0.2) is 13.1 Å². The molecule has 1 atom stereocenters. The van der Waals surface area contributed by atoms with E-state index in [0.717, 1.165) is 17.9 Å². The molecule has 0 spiro atoms. The first-order valence-electron chi connectivity index (χ1n) is 6.89. The van der Waals surface area contributed by atoms with E-state index >= 15 is 0 Å². The van der Waals surface area contributed by atoms with E-state index in [1.54, 1.807) is 24.3 Å². The van der Waals surface area contributed by atoms with Crippen molar-refractivity contribution in [3.05, 3.63) is 29.8 Å². The molecule has 0 amide bonds. The van der Waals surface area contributed by atoms with Crippen LogP contribution < -0.4 is 4.72 Å². The molecule has 0 aromatic heterocycles.